The maximum Gasteiger partial charge on any atom is 0.139 e. The molecule has 1 atom stereocenters. The first kappa shape index (κ1) is 11.6. The summed E-state index contributed by atoms with van der Waals surface area (Å²) in [5.74, 6) is 0.611. The van der Waals surface area contributed by atoms with E-state index in [0.717, 1.165) is 6.42 Å². The smallest absolute Gasteiger partial charge is 0.139 e. The molecule has 78 valence electrons. The van der Waals surface area contributed by atoms with Crippen molar-refractivity contribution in [1.82, 2.24) is 0 Å². The van der Waals surface area contributed by atoms with Crippen LogP contribution in [-0.2, 0) is 0 Å². The van der Waals surface area contributed by atoms with E-state index in [1.807, 2.05) is 6.92 Å². The van der Waals surface area contributed by atoms with Crippen LogP contribution in [0.5, 0.6) is 5.75 Å². The molecule has 0 bridgehead atoms. The highest BCUT2D eigenvalue weighted by molar-refractivity contribution is 6.42. The van der Waals surface area contributed by atoms with Gasteiger partial charge in [-0.15, -0.1) is 0 Å². The van der Waals surface area contributed by atoms with Crippen molar-refractivity contribution in [3.05, 3.63) is 28.2 Å². The number of rotatable bonds is 4. The van der Waals surface area contributed by atoms with Gasteiger partial charge in [0.05, 0.1) is 11.6 Å². The molecular weight excluding hydrogens is 221 g/mol. The summed E-state index contributed by atoms with van der Waals surface area (Å²) >= 11 is 11.7. The first-order valence-corrected chi connectivity index (χ1v) is 5.19. The molecule has 0 aliphatic heterocycles. The number of halogens is 2. The zero-order chi connectivity index (χ0) is 10.6. The number of hydrogen-bond donors (Lipinski definition) is 1. The second-order valence-electron chi connectivity index (χ2n) is 3.17. The van der Waals surface area contributed by atoms with E-state index < -0.39 is 0 Å². The van der Waals surface area contributed by atoms with Gasteiger partial charge in [0.25, 0.3) is 0 Å². The van der Waals surface area contributed by atoms with E-state index in [4.69, 9.17) is 33.7 Å². The Hall–Kier alpha value is -0.440. The highest BCUT2D eigenvalue weighted by Gasteiger charge is 2.05. The van der Waals surface area contributed by atoms with Crippen LogP contribution in [0.15, 0.2) is 18.2 Å². The van der Waals surface area contributed by atoms with E-state index in [-0.39, 0.29) is 6.04 Å². The second-order valence-corrected chi connectivity index (χ2v) is 3.95. The van der Waals surface area contributed by atoms with Crippen LogP contribution in [0, 0.1) is 0 Å². The highest BCUT2D eigenvalue weighted by Crippen LogP contribution is 2.31. The van der Waals surface area contributed by atoms with Crippen LogP contribution in [0.2, 0.25) is 10.0 Å². The molecule has 2 nitrogen and oxygen atoms in total. The van der Waals surface area contributed by atoms with E-state index >= 15 is 0 Å². The van der Waals surface area contributed by atoms with Crippen LogP contribution in [0.1, 0.15) is 13.3 Å². The molecule has 0 aliphatic rings. The largest absolute Gasteiger partial charge is 0.492 e. The minimum atomic E-state index is 0.132. The molecule has 0 saturated carbocycles. The Balaban J connectivity index is 2.54. The maximum absolute atomic E-state index is 5.92. The Bertz CT molecular complexity index is 302. The molecule has 0 radical (unpaired) electrons. The summed E-state index contributed by atoms with van der Waals surface area (Å²) in [5.41, 5.74) is 5.59. The average molecular weight is 234 g/mol. The molecule has 14 heavy (non-hydrogen) atoms. The van der Waals surface area contributed by atoms with Gasteiger partial charge in [-0.05, 0) is 25.5 Å². The lowest BCUT2D eigenvalue weighted by atomic mass is 10.3. The van der Waals surface area contributed by atoms with Gasteiger partial charge in [0, 0.05) is 6.04 Å². The number of hydrogen-bond acceptors (Lipinski definition) is 2. The molecule has 0 saturated heterocycles. The molecule has 0 heterocycles. The third-order valence-corrected chi connectivity index (χ3v) is 2.55. The van der Waals surface area contributed by atoms with Gasteiger partial charge in [-0.3, -0.25) is 0 Å². The Labute approximate surface area is 94.0 Å². The van der Waals surface area contributed by atoms with Gasteiger partial charge in [0.15, 0.2) is 0 Å². The summed E-state index contributed by atoms with van der Waals surface area (Å²) in [6.07, 6.45) is 0.794. The Morgan fingerprint density at radius 2 is 2.14 bits per heavy atom. The van der Waals surface area contributed by atoms with Crippen LogP contribution >= 0.6 is 23.2 Å². The van der Waals surface area contributed by atoms with Crippen LogP contribution in [0.4, 0.5) is 0 Å². The zero-order valence-electron chi connectivity index (χ0n) is 7.97. The number of nitrogens with two attached hydrogens (primary N) is 1. The van der Waals surface area contributed by atoms with Crippen molar-refractivity contribution in [3.8, 4) is 5.75 Å². The number of ether oxygens (including phenoxy) is 1. The summed E-state index contributed by atoms with van der Waals surface area (Å²) in [6.45, 7) is 2.49. The van der Waals surface area contributed by atoms with Crippen molar-refractivity contribution in [2.24, 2.45) is 5.73 Å². The minimum Gasteiger partial charge on any atom is -0.492 e. The molecule has 4 heteroatoms. The first-order chi connectivity index (χ1) is 6.61. The lowest BCUT2D eigenvalue weighted by Gasteiger charge is -2.09. The van der Waals surface area contributed by atoms with Crippen molar-refractivity contribution in [2.75, 3.05) is 6.61 Å². The summed E-state index contributed by atoms with van der Waals surface area (Å²) in [6, 6.07) is 5.44. The third kappa shape index (κ3) is 3.37. The second kappa shape index (κ2) is 5.44. The van der Waals surface area contributed by atoms with Crippen molar-refractivity contribution in [3.63, 3.8) is 0 Å². The fraction of sp³-hybridized carbons (Fsp3) is 0.400. The van der Waals surface area contributed by atoms with Gasteiger partial charge in [0.2, 0.25) is 0 Å². The monoisotopic (exact) mass is 233 g/mol. The molecule has 0 aromatic heterocycles. The summed E-state index contributed by atoms with van der Waals surface area (Å²) in [4.78, 5) is 0. The topological polar surface area (TPSA) is 35.2 Å². The Kier molecular flexibility index (Phi) is 4.52. The Morgan fingerprint density at radius 1 is 1.43 bits per heavy atom. The summed E-state index contributed by atoms with van der Waals surface area (Å²) in [5, 5.41) is 0.962. The number of benzene rings is 1. The lowest BCUT2D eigenvalue weighted by Crippen LogP contribution is -2.18. The molecule has 0 amide bonds. The highest BCUT2D eigenvalue weighted by atomic mass is 35.5. The van der Waals surface area contributed by atoms with Crippen LogP contribution in [0.3, 0.4) is 0 Å². The third-order valence-electron chi connectivity index (χ3n) is 1.75. The molecule has 0 fully saturated rings. The van der Waals surface area contributed by atoms with E-state index in [0.29, 0.717) is 22.4 Å². The fourth-order valence-electron chi connectivity index (χ4n) is 0.950. The molecule has 2 N–H and O–H groups in total. The zero-order valence-corrected chi connectivity index (χ0v) is 9.48. The lowest BCUT2D eigenvalue weighted by molar-refractivity contribution is 0.301. The van der Waals surface area contributed by atoms with Crippen LogP contribution in [-0.4, -0.2) is 12.6 Å². The summed E-state index contributed by atoms with van der Waals surface area (Å²) in [7, 11) is 0. The van der Waals surface area contributed by atoms with Gasteiger partial charge in [-0.1, -0.05) is 29.3 Å². The standard InChI is InChI=1S/C10H13Cl2NO/c1-7(13)5-6-14-9-4-2-3-8(11)10(9)12/h2-4,7H,5-6,13H2,1H3. The van der Waals surface area contributed by atoms with Crippen LogP contribution in [0.25, 0.3) is 0 Å². The maximum atomic E-state index is 5.92. The van der Waals surface area contributed by atoms with Gasteiger partial charge in [-0.2, -0.15) is 0 Å². The molecule has 1 rings (SSSR count). The van der Waals surface area contributed by atoms with Gasteiger partial charge < -0.3 is 10.5 Å². The molecular formula is C10H13Cl2NO. The minimum absolute atomic E-state index is 0.132. The van der Waals surface area contributed by atoms with E-state index in [1.54, 1.807) is 18.2 Å². The van der Waals surface area contributed by atoms with Gasteiger partial charge >= 0.3 is 0 Å². The van der Waals surface area contributed by atoms with E-state index in [2.05, 4.69) is 0 Å². The van der Waals surface area contributed by atoms with E-state index in [1.165, 1.54) is 0 Å². The van der Waals surface area contributed by atoms with Crippen molar-refractivity contribution >= 4 is 23.2 Å². The predicted octanol–water partition coefficient (Wildman–Crippen LogP) is 3.11. The van der Waals surface area contributed by atoms with E-state index in [9.17, 15) is 0 Å². The predicted molar refractivity (Wildman–Crippen MR) is 60.2 cm³/mol. The molecule has 0 aliphatic carbocycles. The first-order valence-electron chi connectivity index (χ1n) is 4.43. The quantitative estimate of drug-likeness (QED) is 0.868. The molecule has 0 spiro atoms. The van der Waals surface area contributed by atoms with Crippen molar-refractivity contribution in [2.45, 2.75) is 19.4 Å². The van der Waals surface area contributed by atoms with Gasteiger partial charge in [-0.25, -0.2) is 0 Å². The fourth-order valence-corrected chi connectivity index (χ4v) is 1.30. The average Bonchev–Trinajstić information content (AvgIpc) is 2.12. The van der Waals surface area contributed by atoms with Crippen molar-refractivity contribution in [1.29, 1.82) is 0 Å². The molecule has 1 unspecified atom stereocenters. The molecule has 1 aromatic rings. The normalized spacial score (nSPS) is 12.6. The van der Waals surface area contributed by atoms with Crippen LogP contribution < -0.4 is 10.5 Å². The van der Waals surface area contributed by atoms with Crippen molar-refractivity contribution < 1.29 is 4.74 Å². The summed E-state index contributed by atoms with van der Waals surface area (Å²) < 4.78 is 5.43. The van der Waals surface area contributed by atoms with Gasteiger partial charge in [0.1, 0.15) is 10.8 Å². The Morgan fingerprint density at radius 3 is 2.79 bits per heavy atom. The molecule has 1 aromatic carbocycles. The SMILES string of the molecule is CC(N)CCOc1cccc(Cl)c1Cl.